The Bertz CT molecular complexity index is 1200. The highest BCUT2D eigenvalue weighted by Crippen LogP contribution is 2.34. The maximum atomic E-state index is 12.4. The Balaban J connectivity index is 1.98. The minimum absolute atomic E-state index is 0.0134. The van der Waals surface area contributed by atoms with Crippen LogP contribution in [0.3, 0.4) is 0 Å². The van der Waals surface area contributed by atoms with Gasteiger partial charge >= 0.3 is 5.63 Å². The smallest absolute Gasteiger partial charge is 0.347 e. The van der Waals surface area contributed by atoms with Crippen LogP contribution in [0.15, 0.2) is 48.9 Å². The van der Waals surface area contributed by atoms with Crippen LogP contribution in [-0.4, -0.2) is 32.9 Å². The number of nitrogens with zero attached hydrogens (tertiary/aromatic N) is 1. The van der Waals surface area contributed by atoms with Gasteiger partial charge in [-0.15, -0.1) is 0 Å². The fourth-order valence-electron chi connectivity index (χ4n) is 2.70. The lowest BCUT2D eigenvalue weighted by Crippen LogP contribution is -2.16. The second kappa shape index (κ2) is 6.10. The summed E-state index contributed by atoms with van der Waals surface area (Å²) in [4.78, 5) is 16.8. The van der Waals surface area contributed by atoms with Crippen molar-refractivity contribution in [1.29, 1.82) is 0 Å². The summed E-state index contributed by atoms with van der Waals surface area (Å²) >= 11 is 3.25. The van der Waals surface area contributed by atoms with E-state index >= 15 is 0 Å². The van der Waals surface area contributed by atoms with Crippen LogP contribution in [-0.2, 0) is 9.84 Å². The molecular weight excluding hydrogens is 426 g/mol. The summed E-state index contributed by atoms with van der Waals surface area (Å²) in [5.41, 5.74) is -0.0863. The molecule has 0 radical (unpaired) electrons. The number of aromatic nitrogens is 1. The van der Waals surface area contributed by atoms with E-state index in [1.807, 2.05) is 0 Å². The molecule has 9 heteroatoms. The van der Waals surface area contributed by atoms with E-state index < -0.39 is 15.5 Å². The van der Waals surface area contributed by atoms with Gasteiger partial charge in [0, 0.05) is 22.9 Å². The third-order valence-electron chi connectivity index (χ3n) is 3.87. The first-order chi connectivity index (χ1) is 12.3. The summed E-state index contributed by atoms with van der Waals surface area (Å²) in [7, 11) is -3.56. The molecule has 0 saturated carbocycles. The first kappa shape index (κ1) is 17.0. The molecule has 3 aromatic rings. The van der Waals surface area contributed by atoms with E-state index in [1.165, 1.54) is 18.2 Å². The Morgan fingerprint density at radius 2 is 1.77 bits per heavy atom. The molecular formula is C17H12BrNO6S. The van der Waals surface area contributed by atoms with Gasteiger partial charge in [-0.2, -0.15) is 0 Å². The Morgan fingerprint density at radius 1 is 1.08 bits per heavy atom. The zero-order valence-electron chi connectivity index (χ0n) is 13.5. The van der Waals surface area contributed by atoms with Crippen LogP contribution >= 0.6 is 15.9 Å². The molecule has 26 heavy (non-hydrogen) atoms. The zero-order chi connectivity index (χ0) is 18.5. The Kier molecular flexibility index (Phi) is 4.00. The van der Waals surface area contributed by atoms with Crippen molar-refractivity contribution < 1.29 is 22.3 Å². The predicted octanol–water partition coefficient (Wildman–Crippen LogP) is 2.79. The van der Waals surface area contributed by atoms with Crippen LogP contribution in [0.4, 0.5) is 0 Å². The number of hydrogen-bond acceptors (Lipinski definition) is 7. The quantitative estimate of drug-likeness (QED) is 0.607. The number of benzene rings is 2. The SMILES string of the molecule is CS(=O)(=O)c1cc(Br)ccc1-c1nc2cc3c(cc2c(=O)o1)OCCO3. The molecule has 0 amide bonds. The van der Waals surface area contributed by atoms with E-state index in [2.05, 4.69) is 20.9 Å². The maximum absolute atomic E-state index is 12.4. The fraction of sp³-hybridized carbons (Fsp3) is 0.176. The van der Waals surface area contributed by atoms with Crippen molar-refractivity contribution in [1.82, 2.24) is 4.98 Å². The molecule has 1 aliphatic heterocycles. The maximum Gasteiger partial charge on any atom is 0.347 e. The number of sulfone groups is 1. The average molecular weight is 438 g/mol. The Morgan fingerprint density at radius 3 is 2.46 bits per heavy atom. The molecule has 0 unspecified atom stereocenters. The lowest BCUT2D eigenvalue weighted by atomic mass is 10.2. The number of halogens is 1. The minimum Gasteiger partial charge on any atom is -0.486 e. The van der Waals surface area contributed by atoms with E-state index in [-0.39, 0.29) is 21.7 Å². The van der Waals surface area contributed by atoms with E-state index in [0.717, 1.165) is 6.26 Å². The van der Waals surface area contributed by atoms with Crippen LogP contribution in [0.2, 0.25) is 0 Å². The molecule has 1 aliphatic rings. The van der Waals surface area contributed by atoms with Gasteiger partial charge in [0.2, 0.25) is 5.89 Å². The van der Waals surface area contributed by atoms with Gasteiger partial charge in [-0.1, -0.05) is 15.9 Å². The highest BCUT2D eigenvalue weighted by atomic mass is 79.9. The standard InChI is InChI=1S/C17H12BrNO6S/c1-26(21,22)15-6-9(18)2-3-10(15)16-19-12-8-14-13(23-4-5-24-14)7-11(12)17(20)25-16/h2-3,6-8H,4-5H2,1H3. The summed E-state index contributed by atoms with van der Waals surface area (Å²) in [5, 5.41) is 0.232. The van der Waals surface area contributed by atoms with Crippen LogP contribution in [0.25, 0.3) is 22.4 Å². The van der Waals surface area contributed by atoms with Crippen LogP contribution < -0.4 is 15.1 Å². The van der Waals surface area contributed by atoms with Crippen molar-refractivity contribution in [3.8, 4) is 23.0 Å². The van der Waals surface area contributed by atoms with Crippen molar-refractivity contribution >= 4 is 36.7 Å². The Labute approximate surface area is 156 Å². The molecule has 0 aliphatic carbocycles. The summed E-state index contributed by atoms with van der Waals surface area (Å²) in [6.07, 6.45) is 1.08. The number of fused-ring (bicyclic) bond motifs is 2. The number of rotatable bonds is 2. The van der Waals surface area contributed by atoms with Gasteiger partial charge in [-0.25, -0.2) is 18.2 Å². The second-order valence-corrected chi connectivity index (χ2v) is 8.63. The first-order valence-electron chi connectivity index (χ1n) is 7.57. The minimum atomic E-state index is -3.56. The molecule has 2 aromatic carbocycles. The molecule has 0 fully saturated rings. The fourth-order valence-corrected chi connectivity index (χ4v) is 4.11. The molecule has 0 saturated heterocycles. The van der Waals surface area contributed by atoms with E-state index in [4.69, 9.17) is 13.9 Å². The van der Waals surface area contributed by atoms with E-state index in [0.29, 0.717) is 34.7 Å². The molecule has 0 N–H and O–H groups in total. The van der Waals surface area contributed by atoms with Gasteiger partial charge in [-0.3, -0.25) is 0 Å². The topological polar surface area (TPSA) is 95.7 Å². The largest absolute Gasteiger partial charge is 0.486 e. The highest BCUT2D eigenvalue weighted by molar-refractivity contribution is 9.10. The van der Waals surface area contributed by atoms with Crippen molar-refractivity contribution in [3.63, 3.8) is 0 Å². The summed E-state index contributed by atoms with van der Waals surface area (Å²) in [6.45, 7) is 0.795. The lowest BCUT2D eigenvalue weighted by Gasteiger charge is -2.18. The lowest BCUT2D eigenvalue weighted by molar-refractivity contribution is 0.172. The average Bonchev–Trinajstić information content (AvgIpc) is 2.59. The second-order valence-electron chi connectivity index (χ2n) is 5.73. The van der Waals surface area contributed by atoms with Crippen molar-refractivity contribution in [2.45, 2.75) is 4.90 Å². The van der Waals surface area contributed by atoms with Crippen LogP contribution in [0.5, 0.6) is 11.5 Å². The van der Waals surface area contributed by atoms with Crippen molar-refractivity contribution in [2.75, 3.05) is 19.5 Å². The van der Waals surface area contributed by atoms with Crippen LogP contribution in [0, 0.1) is 0 Å². The third kappa shape index (κ3) is 2.97. The molecule has 0 bridgehead atoms. The van der Waals surface area contributed by atoms with E-state index in [1.54, 1.807) is 12.1 Å². The monoisotopic (exact) mass is 437 g/mol. The van der Waals surface area contributed by atoms with Crippen LogP contribution in [0.1, 0.15) is 0 Å². The normalized spacial score (nSPS) is 13.8. The van der Waals surface area contributed by atoms with Gasteiger partial charge in [0.25, 0.3) is 0 Å². The Hall–Kier alpha value is -2.39. The number of hydrogen-bond donors (Lipinski definition) is 0. The van der Waals surface area contributed by atoms with Gasteiger partial charge < -0.3 is 13.9 Å². The molecule has 1 aromatic heterocycles. The summed E-state index contributed by atoms with van der Waals surface area (Å²) < 4.78 is 41.1. The van der Waals surface area contributed by atoms with E-state index in [9.17, 15) is 13.2 Å². The molecule has 4 rings (SSSR count). The summed E-state index contributed by atoms with van der Waals surface area (Å²) in [6, 6.07) is 7.74. The zero-order valence-corrected chi connectivity index (χ0v) is 15.9. The van der Waals surface area contributed by atoms with Crippen molar-refractivity contribution in [3.05, 3.63) is 45.2 Å². The molecule has 0 atom stereocenters. The van der Waals surface area contributed by atoms with Gasteiger partial charge in [-0.05, 0) is 18.2 Å². The summed E-state index contributed by atoms with van der Waals surface area (Å²) in [5.74, 6) is 0.852. The molecule has 134 valence electrons. The third-order valence-corrected chi connectivity index (χ3v) is 5.50. The number of ether oxygens (including phenoxy) is 2. The first-order valence-corrected chi connectivity index (χ1v) is 10.3. The van der Waals surface area contributed by atoms with Gasteiger partial charge in [0.1, 0.15) is 13.2 Å². The molecule has 7 nitrogen and oxygen atoms in total. The predicted molar refractivity (Wildman–Crippen MR) is 97.5 cm³/mol. The van der Waals surface area contributed by atoms with Crippen molar-refractivity contribution in [2.24, 2.45) is 0 Å². The molecule has 2 heterocycles. The van der Waals surface area contributed by atoms with Gasteiger partial charge in [0.05, 0.1) is 21.4 Å². The highest BCUT2D eigenvalue weighted by Gasteiger charge is 2.21. The van der Waals surface area contributed by atoms with Gasteiger partial charge in [0.15, 0.2) is 21.3 Å². The molecule has 0 spiro atoms.